The largest absolute Gasteiger partial charge is 0.278 e. The van der Waals surface area contributed by atoms with Gasteiger partial charge in [0.2, 0.25) is 0 Å². The molecule has 1 aromatic heterocycles. The van der Waals surface area contributed by atoms with Crippen molar-refractivity contribution in [3.05, 3.63) is 48.7 Å². The number of pyridine rings is 1. The zero-order chi connectivity index (χ0) is 12.4. The van der Waals surface area contributed by atoms with E-state index in [4.69, 9.17) is 0 Å². The first-order valence-corrected chi connectivity index (χ1v) is 6.90. The average molecular weight is 259 g/mol. The number of benzene rings is 1. The summed E-state index contributed by atoms with van der Waals surface area (Å²) in [6.07, 6.45) is 1.78. The van der Waals surface area contributed by atoms with Crippen LogP contribution in [0, 0.1) is 0 Å². The minimum absolute atomic E-state index is 0.750. The summed E-state index contributed by atoms with van der Waals surface area (Å²) in [6.45, 7) is 1.51. The molecule has 92 valence electrons. The lowest BCUT2D eigenvalue weighted by Crippen LogP contribution is -2.22. The van der Waals surface area contributed by atoms with Gasteiger partial charge in [-0.15, -0.1) is 0 Å². The predicted octanol–water partition coefficient (Wildman–Crippen LogP) is 1.74. The van der Waals surface area contributed by atoms with Gasteiger partial charge in [0.25, 0.3) is 0 Å². The number of nitrogens with one attached hydrogen (secondary N) is 1. The van der Waals surface area contributed by atoms with Gasteiger partial charge >= 0.3 is 0 Å². The summed E-state index contributed by atoms with van der Waals surface area (Å²) in [5.41, 5.74) is 2.93. The Morgan fingerprint density at radius 3 is 2.89 bits per heavy atom. The molecule has 3 rings (SSSR count). The van der Waals surface area contributed by atoms with E-state index in [0.717, 1.165) is 30.0 Å². The molecule has 1 saturated heterocycles. The van der Waals surface area contributed by atoms with E-state index in [1.807, 2.05) is 46.8 Å². The van der Waals surface area contributed by atoms with Crippen LogP contribution in [0.4, 0.5) is 5.69 Å². The van der Waals surface area contributed by atoms with Crippen LogP contribution in [0.1, 0.15) is 0 Å². The highest BCUT2D eigenvalue weighted by Gasteiger charge is 2.20. The normalized spacial score (nSPS) is 19.1. The molecule has 0 aliphatic carbocycles. The third kappa shape index (κ3) is 2.14. The number of aromatic nitrogens is 1. The van der Waals surface area contributed by atoms with Gasteiger partial charge in [-0.1, -0.05) is 18.2 Å². The van der Waals surface area contributed by atoms with Crippen LogP contribution in [0.25, 0.3) is 11.3 Å². The fourth-order valence-electron chi connectivity index (χ4n) is 1.97. The van der Waals surface area contributed by atoms with Crippen molar-refractivity contribution in [1.82, 2.24) is 9.71 Å². The van der Waals surface area contributed by atoms with Gasteiger partial charge in [0.15, 0.2) is 11.2 Å². The summed E-state index contributed by atoms with van der Waals surface area (Å²) in [5.74, 6) is 0. The van der Waals surface area contributed by atoms with Gasteiger partial charge in [0.05, 0.1) is 11.4 Å². The van der Waals surface area contributed by atoms with Gasteiger partial charge in [-0.2, -0.15) is 0 Å². The maximum Gasteiger partial charge on any atom is 0.196 e. The molecule has 1 N–H and O–H groups in total. The Hall–Kier alpha value is -1.72. The molecule has 1 atom stereocenters. The van der Waals surface area contributed by atoms with Crippen LogP contribution in [-0.2, 0) is 11.2 Å². The monoisotopic (exact) mass is 259 g/mol. The average Bonchev–Trinajstić information content (AvgIpc) is 2.86. The quantitative estimate of drug-likeness (QED) is 0.893. The lowest BCUT2D eigenvalue weighted by molar-refractivity contribution is 0.680. The SMILES string of the molecule is O=S1NCCN1c1cccc(-c2ccccn2)c1. The molecule has 2 aromatic rings. The van der Waals surface area contributed by atoms with E-state index < -0.39 is 11.2 Å². The first-order valence-electron chi connectivity index (χ1n) is 5.79. The maximum absolute atomic E-state index is 11.7. The van der Waals surface area contributed by atoms with Crippen LogP contribution in [0.15, 0.2) is 48.7 Å². The molecular formula is C13H13N3OS. The van der Waals surface area contributed by atoms with Crippen molar-refractivity contribution in [2.45, 2.75) is 0 Å². The van der Waals surface area contributed by atoms with Crippen molar-refractivity contribution in [3.63, 3.8) is 0 Å². The maximum atomic E-state index is 11.7. The molecule has 0 saturated carbocycles. The number of hydrogen-bond donors (Lipinski definition) is 1. The fourth-order valence-corrected chi connectivity index (χ4v) is 2.96. The Labute approximate surface area is 108 Å². The van der Waals surface area contributed by atoms with Crippen LogP contribution >= 0.6 is 0 Å². The number of hydrogen-bond acceptors (Lipinski definition) is 2. The summed E-state index contributed by atoms with van der Waals surface area (Å²) in [5, 5.41) is 0. The van der Waals surface area contributed by atoms with Crippen molar-refractivity contribution in [2.75, 3.05) is 17.4 Å². The Balaban J connectivity index is 1.97. The molecule has 1 aromatic carbocycles. The number of anilines is 1. The Kier molecular flexibility index (Phi) is 3.08. The molecule has 0 spiro atoms. The van der Waals surface area contributed by atoms with E-state index in [9.17, 15) is 4.21 Å². The van der Waals surface area contributed by atoms with Gasteiger partial charge in [-0.3, -0.25) is 9.29 Å². The van der Waals surface area contributed by atoms with Crippen molar-refractivity contribution < 1.29 is 4.21 Å². The summed E-state index contributed by atoms with van der Waals surface area (Å²) < 4.78 is 16.5. The van der Waals surface area contributed by atoms with Crippen LogP contribution in [-0.4, -0.2) is 22.3 Å². The summed E-state index contributed by atoms with van der Waals surface area (Å²) in [4.78, 5) is 4.33. The van der Waals surface area contributed by atoms with Gasteiger partial charge < -0.3 is 0 Å². The first-order chi connectivity index (χ1) is 8.84. The predicted molar refractivity (Wildman–Crippen MR) is 73.2 cm³/mol. The van der Waals surface area contributed by atoms with Gasteiger partial charge in [-0.25, -0.2) is 8.93 Å². The second-order valence-corrected chi connectivity index (χ2v) is 5.24. The molecule has 1 aliphatic rings. The first kappa shape index (κ1) is 11.4. The molecule has 4 nitrogen and oxygen atoms in total. The lowest BCUT2D eigenvalue weighted by atomic mass is 10.1. The van der Waals surface area contributed by atoms with Crippen LogP contribution < -0.4 is 9.03 Å². The van der Waals surface area contributed by atoms with Gasteiger partial charge in [0.1, 0.15) is 0 Å². The summed E-state index contributed by atoms with van der Waals surface area (Å²) >= 11 is -1.11. The Morgan fingerprint density at radius 1 is 1.22 bits per heavy atom. The molecule has 0 amide bonds. The molecule has 0 bridgehead atoms. The molecule has 18 heavy (non-hydrogen) atoms. The Bertz CT molecular complexity index is 573. The number of rotatable bonds is 2. The summed E-state index contributed by atoms with van der Waals surface area (Å²) in [7, 11) is 0. The van der Waals surface area contributed by atoms with E-state index in [1.165, 1.54) is 0 Å². The highest BCUT2D eigenvalue weighted by atomic mass is 32.2. The van der Waals surface area contributed by atoms with Crippen molar-refractivity contribution in [1.29, 1.82) is 0 Å². The van der Waals surface area contributed by atoms with Crippen molar-refractivity contribution >= 4 is 16.9 Å². The zero-order valence-corrected chi connectivity index (χ0v) is 10.6. The van der Waals surface area contributed by atoms with E-state index in [1.54, 1.807) is 6.20 Å². The topological polar surface area (TPSA) is 45.2 Å². The second-order valence-electron chi connectivity index (χ2n) is 4.01. The van der Waals surface area contributed by atoms with Crippen LogP contribution in [0.2, 0.25) is 0 Å². The highest BCUT2D eigenvalue weighted by molar-refractivity contribution is 7.84. The molecule has 1 aliphatic heterocycles. The minimum Gasteiger partial charge on any atom is -0.278 e. The van der Waals surface area contributed by atoms with Gasteiger partial charge in [-0.05, 0) is 24.3 Å². The molecular weight excluding hydrogens is 246 g/mol. The fraction of sp³-hybridized carbons (Fsp3) is 0.154. The van der Waals surface area contributed by atoms with E-state index in [-0.39, 0.29) is 0 Å². The van der Waals surface area contributed by atoms with E-state index in [2.05, 4.69) is 9.71 Å². The minimum atomic E-state index is -1.11. The Morgan fingerprint density at radius 2 is 2.17 bits per heavy atom. The van der Waals surface area contributed by atoms with Crippen LogP contribution in [0.3, 0.4) is 0 Å². The smallest absolute Gasteiger partial charge is 0.196 e. The standard InChI is InChI=1S/C13H13N3OS/c17-18-15-8-9-16(18)12-5-3-4-11(10-12)13-6-1-2-7-14-13/h1-7,10,15H,8-9H2. The van der Waals surface area contributed by atoms with Gasteiger partial charge in [0, 0.05) is 24.8 Å². The molecule has 1 fully saturated rings. The molecule has 1 unspecified atom stereocenters. The molecule has 0 radical (unpaired) electrons. The van der Waals surface area contributed by atoms with Crippen molar-refractivity contribution in [3.8, 4) is 11.3 Å². The molecule has 2 heterocycles. The third-order valence-corrected chi connectivity index (χ3v) is 4.08. The van der Waals surface area contributed by atoms with Crippen molar-refractivity contribution in [2.24, 2.45) is 0 Å². The van der Waals surface area contributed by atoms with Crippen LogP contribution in [0.5, 0.6) is 0 Å². The van der Waals surface area contributed by atoms with E-state index in [0.29, 0.717) is 0 Å². The third-order valence-electron chi connectivity index (χ3n) is 2.84. The number of nitrogens with zero attached hydrogens (tertiary/aromatic N) is 2. The molecule has 5 heteroatoms. The summed E-state index contributed by atoms with van der Waals surface area (Å²) in [6, 6.07) is 13.8. The lowest BCUT2D eigenvalue weighted by Gasteiger charge is -2.15. The second kappa shape index (κ2) is 4.88. The van der Waals surface area contributed by atoms with E-state index >= 15 is 0 Å². The zero-order valence-electron chi connectivity index (χ0n) is 9.74. The highest BCUT2D eigenvalue weighted by Crippen LogP contribution is 2.24.